The van der Waals surface area contributed by atoms with Crippen molar-refractivity contribution in [1.29, 1.82) is 0 Å². The summed E-state index contributed by atoms with van der Waals surface area (Å²) in [5, 5.41) is 2.54. The third-order valence-corrected chi connectivity index (χ3v) is 3.97. The van der Waals surface area contributed by atoms with Crippen LogP contribution in [0.5, 0.6) is 0 Å². The predicted octanol–water partition coefficient (Wildman–Crippen LogP) is 0.858. The van der Waals surface area contributed by atoms with Crippen LogP contribution in [0.2, 0.25) is 0 Å². The van der Waals surface area contributed by atoms with Gasteiger partial charge in [0.2, 0.25) is 11.8 Å². The fourth-order valence-corrected chi connectivity index (χ4v) is 2.76. The van der Waals surface area contributed by atoms with Crippen LogP contribution in [-0.4, -0.2) is 42.9 Å². The van der Waals surface area contributed by atoms with Gasteiger partial charge in [0.1, 0.15) is 0 Å². The van der Waals surface area contributed by atoms with Gasteiger partial charge in [0, 0.05) is 13.1 Å². The van der Waals surface area contributed by atoms with Gasteiger partial charge in [-0.1, -0.05) is 30.3 Å². The molecule has 0 spiro atoms. The van der Waals surface area contributed by atoms with E-state index in [1.807, 2.05) is 11.0 Å². The van der Waals surface area contributed by atoms with Crippen molar-refractivity contribution < 1.29 is 9.59 Å². The molecule has 1 aromatic carbocycles. The van der Waals surface area contributed by atoms with E-state index in [1.165, 1.54) is 5.56 Å². The first-order valence-corrected chi connectivity index (χ1v) is 7.50. The SMILES string of the molecule is NCC(=O)NCC(=O)N1CCCC(c2ccccc2)CC1. The number of nitrogens with zero attached hydrogens (tertiary/aromatic N) is 1. The van der Waals surface area contributed by atoms with Crippen LogP contribution in [0, 0.1) is 0 Å². The van der Waals surface area contributed by atoms with Gasteiger partial charge in [-0.2, -0.15) is 0 Å². The minimum Gasteiger partial charge on any atom is -0.346 e. The maximum absolute atomic E-state index is 12.1. The van der Waals surface area contributed by atoms with Crippen molar-refractivity contribution in [2.45, 2.75) is 25.2 Å². The van der Waals surface area contributed by atoms with Crippen LogP contribution in [0.4, 0.5) is 0 Å². The molecule has 1 aliphatic rings. The van der Waals surface area contributed by atoms with Crippen LogP contribution in [0.15, 0.2) is 30.3 Å². The first-order chi connectivity index (χ1) is 10.2. The van der Waals surface area contributed by atoms with Gasteiger partial charge < -0.3 is 16.0 Å². The van der Waals surface area contributed by atoms with Crippen molar-refractivity contribution in [3.05, 3.63) is 35.9 Å². The molecule has 1 aliphatic heterocycles. The van der Waals surface area contributed by atoms with E-state index < -0.39 is 0 Å². The van der Waals surface area contributed by atoms with Gasteiger partial charge >= 0.3 is 0 Å². The summed E-state index contributed by atoms with van der Waals surface area (Å²) in [6, 6.07) is 10.5. The molecule has 21 heavy (non-hydrogen) atoms. The summed E-state index contributed by atoms with van der Waals surface area (Å²) >= 11 is 0. The first kappa shape index (κ1) is 15.5. The largest absolute Gasteiger partial charge is 0.346 e. The van der Waals surface area contributed by atoms with Crippen LogP contribution < -0.4 is 11.1 Å². The quantitative estimate of drug-likeness (QED) is 0.863. The fraction of sp³-hybridized carbons (Fsp3) is 0.500. The Morgan fingerprint density at radius 1 is 1.19 bits per heavy atom. The number of carbonyl (C=O) groups excluding carboxylic acids is 2. The smallest absolute Gasteiger partial charge is 0.241 e. The molecule has 1 aromatic rings. The van der Waals surface area contributed by atoms with Crippen LogP contribution in [0.1, 0.15) is 30.7 Å². The highest BCUT2D eigenvalue weighted by atomic mass is 16.2. The van der Waals surface area contributed by atoms with E-state index in [9.17, 15) is 9.59 Å². The van der Waals surface area contributed by atoms with Crippen molar-refractivity contribution in [2.24, 2.45) is 5.73 Å². The number of hydrogen-bond donors (Lipinski definition) is 2. The van der Waals surface area contributed by atoms with Gasteiger partial charge in [0.15, 0.2) is 0 Å². The van der Waals surface area contributed by atoms with E-state index in [0.29, 0.717) is 5.92 Å². The number of hydrogen-bond acceptors (Lipinski definition) is 3. The first-order valence-electron chi connectivity index (χ1n) is 7.50. The Morgan fingerprint density at radius 2 is 1.95 bits per heavy atom. The molecule has 0 aliphatic carbocycles. The predicted molar refractivity (Wildman–Crippen MR) is 81.7 cm³/mol. The van der Waals surface area contributed by atoms with Gasteiger partial charge in [-0.25, -0.2) is 0 Å². The molecular weight excluding hydrogens is 266 g/mol. The molecule has 0 saturated carbocycles. The summed E-state index contributed by atoms with van der Waals surface area (Å²) in [5.74, 6) is 0.202. The van der Waals surface area contributed by atoms with Gasteiger partial charge in [0.25, 0.3) is 0 Å². The highest BCUT2D eigenvalue weighted by Gasteiger charge is 2.21. The van der Waals surface area contributed by atoms with E-state index in [-0.39, 0.29) is 24.9 Å². The lowest BCUT2D eigenvalue weighted by Gasteiger charge is -2.21. The molecule has 1 unspecified atom stereocenters. The van der Waals surface area contributed by atoms with E-state index in [0.717, 1.165) is 32.4 Å². The van der Waals surface area contributed by atoms with Gasteiger partial charge in [-0.3, -0.25) is 9.59 Å². The highest BCUT2D eigenvalue weighted by molar-refractivity contribution is 5.85. The molecule has 5 nitrogen and oxygen atoms in total. The van der Waals surface area contributed by atoms with Crippen molar-refractivity contribution in [2.75, 3.05) is 26.2 Å². The van der Waals surface area contributed by atoms with Crippen LogP contribution in [0.25, 0.3) is 0 Å². The molecule has 0 radical (unpaired) electrons. The molecule has 114 valence electrons. The summed E-state index contributed by atoms with van der Waals surface area (Å²) < 4.78 is 0. The molecule has 3 N–H and O–H groups in total. The molecule has 5 heteroatoms. The Morgan fingerprint density at radius 3 is 2.67 bits per heavy atom. The third kappa shape index (κ3) is 4.56. The Bertz CT molecular complexity index is 476. The topological polar surface area (TPSA) is 75.4 Å². The lowest BCUT2D eigenvalue weighted by molar-refractivity contribution is -0.132. The maximum atomic E-state index is 12.1. The second-order valence-corrected chi connectivity index (χ2v) is 5.40. The maximum Gasteiger partial charge on any atom is 0.241 e. The summed E-state index contributed by atoms with van der Waals surface area (Å²) in [6.45, 7) is 1.48. The van der Waals surface area contributed by atoms with Crippen molar-refractivity contribution in [3.63, 3.8) is 0 Å². The standard InChI is InChI=1S/C16H23N3O2/c17-11-15(20)18-12-16(21)19-9-4-7-14(8-10-19)13-5-2-1-3-6-13/h1-3,5-6,14H,4,7-12,17H2,(H,18,20). The van der Waals surface area contributed by atoms with Crippen LogP contribution in [0.3, 0.4) is 0 Å². The molecular formula is C16H23N3O2. The summed E-state index contributed by atoms with van der Waals surface area (Å²) in [5.41, 5.74) is 6.56. The van der Waals surface area contributed by atoms with E-state index >= 15 is 0 Å². The molecule has 2 amide bonds. The summed E-state index contributed by atoms with van der Waals surface area (Å²) in [4.78, 5) is 25.0. The molecule has 1 saturated heterocycles. The Hall–Kier alpha value is -1.88. The molecule has 1 fully saturated rings. The zero-order chi connectivity index (χ0) is 15.1. The van der Waals surface area contributed by atoms with Crippen molar-refractivity contribution in [3.8, 4) is 0 Å². The van der Waals surface area contributed by atoms with Gasteiger partial charge in [0.05, 0.1) is 13.1 Å². The van der Waals surface area contributed by atoms with E-state index in [1.54, 1.807) is 0 Å². The number of nitrogens with one attached hydrogen (secondary N) is 1. The van der Waals surface area contributed by atoms with Crippen LogP contribution >= 0.6 is 0 Å². The zero-order valence-electron chi connectivity index (χ0n) is 12.3. The lowest BCUT2D eigenvalue weighted by atomic mass is 9.92. The average molecular weight is 289 g/mol. The normalized spacial score (nSPS) is 18.9. The van der Waals surface area contributed by atoms with Gasteiger partial charge in [-0.05, 0) is 30.7 Å². The lowest BCUT2D eigenvalue weighted by Crippen LogP contribution is -2.42. The molecule has 2 rings (SSSR count). The molecule has 0 aromatic heterocycles. The monoisotopic (exact) mass is 289 g/mol. The Labute approximate surface area is 125 Å². The molecule has 1 heterocycles. The zero-order valence-corrected chi connectivity index (χ0v) is 12.3. The number of benzene rings is 1. The minimum absolute atomic E-state index is 0.0227. The fourth-order valence-electron chi connectivity index (χ4n) is 2.76. The molecule has 1 atom stereocenters. The highest BCUT2D eigenvalue weighted by Crippen LogP contribution is 2.27. The minimum atomic E-state index is -0.291. The second kappa shape index (κ2) is 7.78. The molecule has 0 bridgehead atoms. The Kier molecular flexibility index (Phi) is 5.75. The second-order valence-electron chi connectivity index (χ2n) is 5.40. The number of nitrogens with two attached hydrogens (primary N) is 1. The Balaban J connectivity index is 1.86. The van der Waals surface area contributed by atoms with Crippen LogP contribution in [-0.2, 0) is 9.59 Å². The average Bonchev–Trinajstić information content (AvgIpc) is 2.79. The number of amides is 2. The third-order valence-electron chi connectivity index (χ3n) is 3.97. The summed E-state index contributed by atoms with van der Waals surface area (Å²) in [7, 11) is 0. The van der Waals surface area contributed by atoms with Gasteiger partial charge in [-0.15, -0.1) is 0 Å². The van der Waals surface area contributed by atoms with Crippen molar-refractivity contribution >= 4 is 11.8 Å². The number of carbonyl (C=O) groups is 2. The number of rotatable bonds is 4. The number of likely N-dealkylation sites (tertiary alicyclic amines) is 1. The summed E-state index contributed by atoms with van der Waals surface area (Å²) in [6.07, 6.45) is 3.07. The van der Waals surface area contributed by atoms with E-state index in [2.05, 4.69) is 29.6 Å². The van der Waals surface area contributed by atoms with Crippen molar-refractivity contribution in [1.82, 2.24) is 10.2 Å². The van der Waals surface area contributed by atoms with E-state index in [4.69, 9.17) is 5.73 Å².